The fourth-order valence-electron chi connectivity index (χ4n) is 1.19. The maximum atomic E-state index is 13.8. The average molecular weight is 468 g/mol. The number of halogens is 12. The molecular formula is C10H8F12O5S. The maximum Gasteiger partial charge on any atom is 0.457 e. The third-order valence-corrected chi connectivity index (χ3v) is 3.39. The van der Waals surface area contributed by atoms with Gasteiger partial charge in [0, 0.05) is 0 Å². The summed E-state index contributed by atoms with van der Waals surface area (Å²) in [5.41, 5.74) is 0. The molecule has 2 atom stereocenters. The molecule has 0 aliphatic heterocycles. The van der Waals surface area contributed by atoms with Gasteiger partial charge in [0.05, 0.1) is 6.26 Å². The summed E-state index contributed by atoms with van der Waals surface area (Å²) in [7, 11) is -7.06. The Morgan fingerprint density at radius 1 is 0.929 bits per heavy atom. The molecule has 2 unspecified atom stereocenters. The fraction of sp³-hybridized carbons (Fsp3) is 0.800. The molecule has 0 aromatic heterocycles. The predicted molar refractivity (Wildman–Crippen MR) is 62.8 cm³/mol. The first-order valence-electron chi connectivity index (χ1n) is 6.19. The summed E-state index contributed by atoms with van der Waals surface area (Å²) >= 11 is 0. The van der Waals surface area contributed by atoms with E-state index in [-0.39, 0.29) is 6.26 Å². The molecule has 0 heterocycles. The van der Waals surface area contributed by atoms with Crippen LogP contribution >= 0.6 is 0 Å². The second-order valence-electron chi connectivity index (χ2n) is 4.62. The zero-order valence-electron chi connectivity index (χ0n) is 12.8. The van der Waals surface area contributed by atoms with Crippen molar-refractivity contribution >= 4 is 10.2 Å². The SMILES string of the molecule is C=COCC(OC(F)(F)C(F)(OCC(F)(F)S(=O)(=O)F)C(F)(F)F)C(F)(F)F. The summed E-state index contributed by atoms with van der Waals surface area (Å²) in [5, 5.41) is -5.96. The predicted octanol–water partition coefficient (Wildman–Crippen LogP) is 3.82. The monoisotopic (exact) mass is 468 g/mol. The van der Waals surface area contributed by atoms with Crippen LogP contribution in [0.4, 0.5) is 52.2 Å². The summed E-state index contributed by atoms with van der Waals surface area (Å²) in [6.07, 6.45) is -23.4. The molecule has 0 fully saturated rings. The van der Waals surface area contributed by atoms with Crippen LogP contribution < -0.4 is 0 Å². The summed E-state index contributed by atoms with van der Waals surface area (Å²) in [5.74, 6) is -6.74. The van der Waals surface area contributed by atoms with Crippen LogP contribution in [0.1, 0.15) is 0 Å². The minimum Gasteiger partial charge on any atom is -0.499 e. The Labute approximate surface area is 148 Å². The molecule has 0 saturated heterocycles. The van der Waals surface area contributed by atoms with E-state index in [2.05, 4.69) is 20.8 Å². The van der Waals surface area contributed by atoms with Crippen LogP contribution in [0.3, 0.4) is 0 Å². The topological polar surface area (TPSA) is 61.8 Å². The minimum absolute atomic E-state index is 0.218. The Kier molecular flexibility index (Phi) is 7.72. The molecule has 0 aliphatic carbocycles. The van der Waals surface area contributed by atoms with E-state index in [4.69, 9.17) is 0 Å². The molecular weight excluding hydrogens is 460 g/mol. The Bertz CT molecular complexity index is 642. The van der Waals surface area contributed by atoms with Crippen molar-refractivity contribution in [1.29, 1.82) is 0 Å². The van der Waals surface area contributed by atoms with Crippen LogP contribution in [-0.2, 0) is 24.4 Å². The minimum atomic E-state index is -7.06. The highest BCUT2D eigenvalue weighted by molar-refractivity contribution is 7.87. The van der Waals surface area contributed by atoms with Gasteiger partial charge in [0.25, 0.3) is 0 Å². The van der Waals surface area contributed by atoms with Crippen molar-refractivity contribution in [2.75, 3.05) is 13.2 Å². The second-order valence-corrected chi connectivity index (χ2v) is 6.09. The standard InChI is InChI=1S/C10H8F12O5S/c1-2-25-3-5(7(13,14)15)27-10(20,21)8(16,9(17,18)19)26-4-6(11,12)28(22,23)24/h2,5H,1,3-4H2. The largest absolute Gasteiger partial charge is 0.499 e. The van der Waals surface area contributed by atoms with Crippen LogP contribution in [0, 0.1) is 0 Å². The summed E-state index contributed by atoms with van der Waals surface area (Å²) in [6.45, 7) is -2.76. The molecule has 28 heavy (non-hydrogen) atoms. The highest BCUT2D eigenvalue weighted by Crippen LogP contribution is 2.49. The Morgan fingerprint density at radius 3 is 1.71 bits per heavy atom. The van der Waals surface area contributed by atoms with Crippen LogP contribution in [0.5, 0.6) is 0 Å². The molecule has 0 bridgehead atoms. The van der Waals surface area contributed by atoms with Gasteiger partial charge in [0.2, 0.25) is 0 Å². The lowest BCUT2D eigenvalue weighted by Gasteiger charge is -2.36. The highest BCUT2D eigenvalue weighted by atomic mass is 32.3. The van der Waals surface area contributed by atoms with Crippen LogP contribution in [0.2, 0.25) is 0 Å². The quantitative estimate of drug-likeness (QED) is 0.277. The lowest BCUT2D eigenvalue weighted by molar-refractivity contribution is -0.477. The average Bonchev–Trinajstić information content (AvgIpc) is 2.45. The van der Waals surface area contributed by atoms with Crippen molar-refractivity contribution in [2.24, 2.45) is 0 Å². The Morgan fingerprint density at radius 2 is 1.39 bits per heavy atom. The molecule has 0 spiro atoms. The second kappa shape index (κ2) is 8.13. The molecule has 0 aliphatic rings. The fourth-order valence-corrected chi connectivity index (χ4v) is 1.39. The van der Waals surface area contributed by atoms with Crippen molar-refractivity contribution in [3.05, 3.63) is 12.8 Å². The van der Waals surface area contributed by atoms with Crippen molar-refractivity contribution in [3.63, 3.8) is 0 Å². The van der Waals surface area contributed by atoms with E-state index in [9.17, 15) is 60.6 Å². The van der Waals surface area contributed by atoms with Gasteiger partial charge in [-0.25, -0.2) is 0 Å². The molecule has 5 nitrogen and oxygen atoms in total. The molecule has 0 rings (SSSR count). The zero-order chi connectivity index (χ0) is 22.8. The van der Waals surface area contributed by atoms with E-state index in [1.807, 2.05) is 0 Å². The molecule has 168 valence electrons. The molecule has 0 aromatic carbocycles. The first kappa shape index (κ1) is 26.6. The normalized spacial score (nSPS) is 17.7. The zero-order valence-corrected chi connectivity index (χ0v) is 13.6. The van der Waals surface area contributed by atoms with Gasteiger partial charge in [0.15, 0.2) is 6.10 Å². The van der Waals surface area contributed by atoms with Gasteiger partial charge in [-0.1, -0.05) is 10.5 Å². The lowest BCUT2D eigenvalue weighted by atomic mass is 10.2. The van der Waals surface area contributed by atoms with Gasteiger partial charge in [-0.2, -0.15) is 56.7 Å². The third kappa shape index (κ3) is 6.03. The van der Waals surface area contributed by atoms with Gasteiger partial charge in [-0.3, -0.25) is 4.74 Å². The summed E-state index contributed by atoms with van der Waals surface area (Å²) in [4.78, 5) is 0. The Balaban J connectivity index is 5.93. The Hall–Kier alpha value is -1.43. The number of alkyl halides is 11. The van der Waals surface area contributed by atoms with E-state index in [0.29, 0.717) is 0 Å². The molecule has 0 saturated carbocycles. The summed E-state index contributed by atoms with van der Waals surface area (Å²) < 4.78 is 183. The maximum absolute atomic E-state index is 13.8. The number of rotatable bonds is 10. The van der Waals surface area contributed by atoms with Crippen LogP contribution in [0.15, 0.2) is 12.8 Å². The first-order valence-corrected chi connectivity index (χ1v) is 7.57. The van der Waals surface area contributed by atoms with Crippen molar-refractivity contribution in [3.8, 4) is 0 Å². The van der Waals surface area contributed by atoms with E-state index < -0.39 is 59.1 Å². The van der Waals surface area contributed by atoms with Crippen molar-refractivity contribution < 1.29 is 74.8 Å². The van der Waals surface area contributed by atoms with Gasteiger partial charge in [-0.05, 0) is 0 Å². The van der Waals surface area contributed by atoms with E-state index >= 15 is 0 Å². The number of hydrogen-bond donors (Lipinski definition) is 0. The molecule has 18 heteroatoms. The molecule has 0 N–H and O–H groups in total. The van der Waals surface area contributed by atoms with Gasteiger partial charge >= 0.3 is 39.8 Å². The lowest BCUT2D eigenvalue weighted by Crippen LogP contribution is -2.61. The van der Waals surface area contributed by atoms with Gasteiger partial charge < -0.3 is 9.47 Å². The van der Waals surface area contributed by atoms with Crippen molar-refractivity contribution in [1.82, 2.24) is 0 Å². The van der Waals surface area contributed by atoms with Gasteiger partial charge in [-0.15, -0.1) is 0 Å². The van der Waals surface area contributed by atoms with Crippen LogP contribution in [0.25, 0.3) is 0 Å². The third-order valence-electron chi connectivity index (χ3n) is 2.56. The summed E-state index contributed by atoms with van der Waals surface area (Å²) in [6, 6.07) is 0. The van der Waals surface area contributed by atoms with E-state index in [1.54, 1.807) is 0 Å². The molecule has 0 amide bonds. The van der Waals surface area contributed by atoms with Crippen molar-refractivity contribution in [2.45, 2.75) is 35.7 Å². The number of hydrogen-bond acceptors (Lipinski definition) is 5. The van der Waals surface area contributed by atoms with E-state index in [1.165, 1.54) is 0 Å². The molecule has 0 aromatic rings. The van der Waals surface area contributed by atoms with E-state index in [0.717, 1.165) is 0 Å². The number of ether oxygens (including phenoxy) is 3. The van der Waals surface area contributed by atoms with Crippen LogP contribution in [-0.4, -0.2) is 57.3 Å². The first-order chi connectivity index (χ1) is 12.1. The smallest absolute Gasteiger partial charge is 0.457 e. The van der Waals surface area contributed by atoms with Gasteiger partial charge in [0.1, 0.15) is 13.2 Å². The highest BCUT2D eigenvalue weighted by Gasteiger charge is 2.76. The molecule has 0 radical (unpaired) electrons.